The maximum absolute atomic E-state index is 12.6. The second kappa shape index (κ2) is 10.9. The van der Waals surface area contributed by atoms with Crippen LogP contribution in [0.5, 0.6) is 0 Å². The van der Waals surface area contributed by atoms with E-state index in [-0.39, 0.29) is 30.1 Å². The summed E-state index contributed by atoms with van der Waals surface area (Å²) >= 11 is 0. The van der Waals surface area contributed by atoms with Crippen LogP contribution in [0.3, 0.4) is 0 Å². The van der Waals surface area contributed by atoms with Gasteiger partial charge in [0.1, 0.15) is 17.4 Å². The molecule has 25 heavy (non-hydrogen) atoms. The van der Waals surface area contributed by atoms with Gasteiger partial charge in [-0.05, 0) is 40.0 Å². The van der Waals surface area contributed by atoms with Crippen molar-refractivity contribution in [2.75, 3.05) is 0 Å². The monoisotopic (exact) mass is 354 g/mol. The molecule has 0 saturated heterocycles. The van der Waals surface area contributed by atoms with Crippen LogP contribution in [0, 0.1) is 5.92 Å². The van der Waals surface area contributed by atoms with Crippen molar-refractivity contribution in [2.24, 2.45) is 5.92 Å². The van der Waals surface area contributed by atoms with Gasteiger partial charge in [-0.15, -0.1) is 0 Å². The van der Waals surface area contributed by atoms with E-state index in [1.54, 1.807) is 20.8 Å². The van der Waals surface area contributed by atoms with Crippen molar-refractivity contribution < 1.29 is 19.1 Å². The van der Waals surface area contributed by atoms with Crippen molar-refractivity contribution >= 4 is 17.8 Å². The molecule has 0 radical (unpaired) electrons. The van der Waals surface area contributed by atoms with E-state index in [0.717, 1.165) is 12.8 Å². The average Bonchev–Trinajstić information content (AvgIpc) is 2.41. The summed E-state index contributed by atoms with van der Waals surface area (Å²) in [5.74, 6) is -0.453. The minimum absolute atomic E-state index is 0.00681. The van der Waals surface area contributed by atoms with E-state index in [1.807, 2.05) is 26.0 Å². The lowest BCUT2D eigenvalue weighted by Crippen LogP contribution is -2.52. The number of unbranched alkanes of at least 4 members (excludes halogenated alkanes) is 1. The van der Waals surface area contributed by atoms with E-state index in [4.69, 9.17) is 4.74 Å². The molecule has 144 valence electrons. The Balaban J connectivity index is 4.98. The number of carbonyl (C=O) groups excluding carboxylic acids is 3. The number of hydrogen-bond donors (Lipinski definition) is 2. The Hall–Kier alpha value is -1.85. The third-order valence-corrected chi connectivity index (χ3v) is 3.28. The molecular weight excluding hydrogens is 320 g/mol. The summed E-state index contributed by atoms with van der Waals surface area (Å²) in [6.07, 6.45) is 5.27. The van der Waals surface area contributed by atoms with E-state index < -0.39 is 17.7 Å². The van der Waals surface area contributed by atoms with Crippen molar-refractivity contribution in [1.29, 1.82) is 0 Å². The number of ketones is 1. The van der Waals surface area contributed by atoms with E-state index in [1.165, 1.54) is 6.92 Å². The van der Waals surface area contributed by atoms with Gasteiger partial charge in [0.15, 0.2) is 0 Å². The number of allylic oxidation sites excluding steroid dienone is 1. The second-order valence-electron chi connectivity index (χ2n) is 7.61. The van der Waals surface area contributed by atoms with Gasteiger partial charge in [-0.2, -0.15) is 0 Å². The SMILES string of the molecule is CCC/C=C/[C@H](CC(C)=O)NC(=O)[C@@H](NC(=O)OC(C)(C)C)C(C)C. The summed E-state index contributed by atoms with van der Waals surface area (Å²) in [5, 5.41) is 5.46. The van der Waals surface area contributed by atoms with Crippen LogP contribution in [0.2, 0.25) is 0 Å². The quantitative estimate of drug-likeness (QED) is 0.622. The topological polar surface area (TPSA) is 84.5 Å². The molecule has 2 amide bonds. The number of amides is 2. The van der Waals surface area contributed by atoms with Gasteiger partial charge in [0, 0.05) is 6.42 Å². The van der Waals surface area contributed by atoms with Crippen LogP contribution >= 0.6 is 0 Å². The molecule has 2 atom stereocenters. The van der Waals surface area contributed by atoms with Crippen molar-refractivity contribution in [1.82, 2.24) is 10.6 Å². The highest BCUT2D eigenvalue weighted by Crippen LogP contribution is 2.09. The molecule has 0 aliphatic heterocycles. The van der Waals surface area contributed by atoms with Crippen LogP contribution < -0.4 is 10.6 Å². The normalized spacial score (nSPS) is 14.2. The summed E-state index contributed by atoms with van der Waals surface area (Å²) in [4.78, 5) is 36.0. The fourth-order valence-electron chi connectivity index (χ4n) is 2.15. The first-order valence-electron chi connectivity index (χ1n) is 8.92. The molecule has 0 aromatic heterocycles. The van der Waals surface area contributed by atoms with Gasteiger partial charge in [0.05, 0.1) is 6.04 Å². The number of nitrogens with one attached hydrogen (secondary N) is 2. The standard InChI is InChI=1S/C19H34N2O4/c1-8-9-10-11-15(12-14(4)22)20-17(23)16(13(2)3)21-18(24)25-19(5,6)7/h10-11,13,15-16H,8-9,12H2,1-7H3,(H,20,23)(H,21,24)/b11-10+/t15-,16+/m1/s1. The van der Waals surface area contributed by atoms with E-state index >= 15 is 0 Å². The lowest BCUT2D eigenvalue weighted by molar-refractivity contribution is -0.125. The lowest BCUT2D eigenvalue weighted by Gasteiger charge is -2.26. The first kappa shape index (κ1) is 23.1. The second-order valence-corrected chi connectivity index (χ2v) is 7.61. The number of Topliss-reactive ketones (excluding diaryl/α,β-unsaturated/α-hetero) is 1. The molecule has 0 spiro atoms. The highest BCUT2D eigenvalue weighted by Gasteiger charge is 2.28. The first-order chi connectivity index (χ1) is 11.5. The van der Waals surface area contributed by atoms with Crippen molar-refractivity contribution in [2.45, 2.75) is 85.4 Å². The van der Waals surface area contributed by atoms with Gasteiger partial charge in [-0.25, -0.2) is 4.79 Å². The minimum atomic E-state index is -0.733. The Labute approximate surface area is 151 Å². The van der Waals surface area contributed by atoms with E-state index in [9.17, 15) is 14.4 Å². The zero-order valence-electron chi connectivity index (χ0n) is 16.6. The Kier molecular flexibility index (Phi) is 10.1. The molecule has 0 aromatic carbocycles. The predicted octanol–water partition coefficient (Wildman–Crippen LogP) is 3.36. The van der Waals surface area contributed by atoms with Crippen LogP contribution in [0.15, 0.2) is 12.2 Å². The molecular formula is C19H34N2O4. The number of carbonyl (C=O) groups is 3. The molecule has 6 heteroatoms. The Morgan fingerprint density at radius 2 is 1.72 bits per heavy atom. The number of alkyl carbamates (subject to hydrolysis) is 1. The molecule has 0 aromatic rings. The largest absolute Gasteiger partial charge is 0.444 e. The zero-order chi connectivity index (χ0) is 19.6. The Bertz CT molecular complexity index is 478. The molecule has 0 rings (SSSR count). The van der Waals surface area contributed by atoms with Gasteiger partial charge >= 0.3 is 6.09 Å². The van der Waals surface area contributed by atoms with E-state index in [0.29, 0.717) is 0 Å². The van der Waals surface area contributed by atoms with Crippen molar-refractivity contribution in [3.8, 4) is 0 Å². The Morgan fingerprint density at radius 1 is 1.12 bits per heavy atom. The molecule has 0 fully saturated rings. The third kappa shape index (κ3) is 11.3. The highest BCUT2D eigenvalue weighted by molar-refractivity contribution is 5.87. The van der Waals surface area contributed by atoms with Crippen LogP contribution in [-0.2, 0) is 14.3 Å². The van der Waals surface area contributed by atoms with Crippen molar-refractivity contribution in [3.63, 3.8) is 0 Å². The fraction of sp³-hybridized carbons (Fsp3) is 0.737. The number of rotatable bonds is 9. The van der Waals surface area contributed by atoms with E-state index in [2.05, 4.69) is 17.6 Å². The summed E-state index contributed by atoms with van der Waals surface area (Å²) in [6.45, 7) is 12.5. The summed E-state index contributed by atoms with van der Waals surface area (Å²) < 4.78 is 5.22. The van der Waals surface area contributed by atoms with Gasteiger partial charge in [-0.3, -0.25) is 9.59 Å². The highest BCUT2D eigenvalue weighted by atomic mass is 16.6. The van der Waals surface area contributed by atoms with Crippen LogP contribution in [0.25, 0.3) is 0 Å². The third-order valence-electron chi connectivity index (χ3n) is 3.28. The van der Waals surface area contributed by atoms with Gasteiger partial charge in [0.2, 0.25) is 5.91 Å². The van der Waals surface area contributed by atoms with Crippen LogP contribution in [0.4, 0.5) is 4.79 Å². The summed E-state index contributed by atoms with van der Waals surface area (Å²) in [6, 6.07) is -1.11. The number of hydrogen-bond acceptors (Lipinski definition) is 4. The maximum Gasteiger partial charge on any atom is 0.408 e. The molecule has 0 saturated carbocycles. The zero-order valence-corrected chi connectivity index (χ0v) is 16.6. The molecule has 0 aliphatic carbocycles. The molecule has 2 N–H and O–H groups in total. The van der Waals surface area contributed by atoms with Gasteiger partial charge < -0.3 is 15.4 Å². The smallest absolute Gasteiger partial charge is 0.408 e. The fourth-order valence-corrected chi connectivity index (χ4v) is 2.15. The Morgan fingerprint density at radius 3 is 2.16 bits per heavy atom. The number of ether oxygens (including phenoxy) is 1. The average molecular weight is 354 g/mol. The molecule has 0 aliphatic rings. The van der Waals surface area contributed by atoms with Crippen molar-refractivity contribution in [3.05, 3.63) is 12.2 Å². The summed E-state index contributed by atoms with van der Waals surface area (Å²) in [5.41, 5.74) is -0.637. The maximum atomic E-state index is 12.6. The predicted molar refractivity (Wildman–Crippen MR) is 99.3 cm³/mol. The van der Waals surface area contributed by atoms with Crippen LogP contribution in [0.1, 0.15) is 67.7 Å². The lowest BCUT2D eigenvalue weighted by atomic mass is 10.0. The summed E-state index contributed by atoms with van der Waals surface area (Å²) in [7, 11) is 0. The molecule has 0 bridgehead atoms. The van der Waals surface area contributed by atoms with Gasteiger partial charge in [0.25, 0.3) is 0 Å². The first-order valence-corrected chi connectivity index (χ1v) is 8.92. The van der Waals surface area contributed by atoms with Crippen LogP contribution in [-0.4, -0.2) is 35.5 Å². The van der Waals surface area contributed by atoms with Gasteiger partial charge in [-0.1, -0.05) is 39.3 Å². The minimum Gasteiger partial charge on any atom is -0.444 e. The molecule has 6 nitrogen and oxygen atoms in total. The molecule has 0 unspecified atom stereocenters. The molecule has 0 heterocycles.